The van der Waals surface area contributed by atoms with E-state index < -0.39 is 5.97 Å². The maximum Gasteiger partial charge on any atom is 1.00 e. The van der Waals surface area contributed by atoms with Crippen molar-refractivity contribution in [1.82, 2.24) is 0 Å². The van der Waals surface area contributed by atoms with Crippen molar-refractivity contribution in [2.75, 3.05) is 0 Å². The fraction of sp³-hybridized carbons (Fsp3) is 0. The van der Waals surface area contributed by atoms with E-state index in [4.69, 9.17) is 0 Å². The Kier molecular flexibility index (Phi) is 4.34. The van der Waals surface area contributed by atoms with Crippen molar-refractivity contribution in [3.8, 4) is 0 Å². The molecule has 0 N–H and O–H groups in total. The average molecular weight is 273 g/mol. The van der Waals surface area contributed by atoms with Crippen LogP contribution in [-0.2, 0) is 0 Å². The molecule has 15 heavy (non-hydrogen) atoms. The summed E-state index contributed by atoms with van der Waals surface area (Å²) >= 11 is 3.35. The normalized spacial score (nSPS) is 9.67. The summed E-state index contributed by atoms with van der Waals surface area (Å²) in [5.41, 5.74) is 0.208. The fourth-order valence-corrected chi connectivity index (χ4v) is 1.72. The molecule has 2 aromatic carbocycles. The molecular formula is C11H6BrNaO2. The summed E-state index contributed by atoms with van der Waals surface area (Å²) in [7, 11) is 0. The molecule has 2 nitrogen and oxygen atoms in total. The summed E-state index contributed by atoms with van der Waals surface area (Å²) in [4.78, 5) is 10.6. The molecule has 0 saturated carbocycles. The van der Waals surface area contributed by atoms with Crippen molar-refractivity contribution in [2.24, 2.45) is 0 Å². The molecule has 0 saturated heterocycles. The molecule has 0 atom stereocenters. The summed E-state index contributed by atoms with van der Waals surface area (Å²) in [6.07, 6.45) is 0. The fourth-order valence-electron chi connectivity index (χ4n) is 1.34. The van der Waals surface area contributed by atoms with Gasteiger partial charge in [0.15, 0.2) is 0 Å². The van der Waals surface area contributed by atoms with Gasteiger partial charge in [0.1, 0.15) is 0 Å². The first kappa shape index (κ1) is 12.7. The number of aromatic carboxylic acids is 1. The van der Waals surface area contributed by atoms with Gasteiger partial charge >= 0.3 is 29.6 Å². The van der Waals surface area contributed by atoms with E-state index in [9.17, 15) is 9.90 Å². The van der Waals surface area contributed by atoms with E-state index in [1.54, 1.807) is 18.2 Å². The molecule has 4 heteroatoms. The molecule has 0 unspecified atom stereocenters. The van der Waals surface area contributed by atoms with Crippen LogP contribution < -0.4 is 34.7 Å². The van der Waals surface area contributed by atoms with E-state index in [1.807, 2.05) is 18.2 Å². The maximum absolute atomic E-state index is 10.6. The van der Waals surface area contributed by atoms with Crippen molar-refractivity contribution < 1.29 is 39.5 Å². The van der Waals surface area contributed by atoms with Crippen LogP contribution in [0.15, 0.2) is 40.9 Å². The first-order chi connectivity index (χ1) is 6.66. The molecule has 2 aromatic rings. The van der Waals surface area contributed by atoms with E-state index in [1.165, 1.54) is 0 Å². The number of benzene rings is 2. The average Bonchev–Trinajstić information content (AvgIpc) is 2.16. The van der Waals surface area contributed by atoms with Gasteiger partial charge in [0, 0.05) is 4.47 Å². The Hall–Kier alpha value is -0.350. The van der Waals surface area contributed by atoms with E-state index in [-0.39, 0.29) is 35.1 Å². The second-order valence-electron chi connectivity index (χ2n) is 2.99. The van der Waals surface area contributed by atoms with E-state index in [2.05, 4.69) is 15.9 Å². The molecule has 0 aliphatic rings. The molecule has 0 fully saturated rings. The maximum atomic E-state index is 10.6. The van der Waals surface area contributed by atoms with Gasteiger partial charge in [-0.2, -0.15) is 0 Å². The topological polar surface area (TPSA) is 40.1 Å². The van der Waals surface area contributed by atoms with E-state index in [0.717, 1.165) is 15.2 Å². The summed E-state index contributed by atoms with van der Waals surface area (Å²) in [6.45, 7) is 0. The van der Waals surface area contributed by atoms with Gasteiger partial charge in [0.05, 0.1) is 5.97 Å². The van der Waals surface area contributed by atoms with Crippen LogP contribution in [0.3, 0.4) is 0 Å². The smallest absolute Gasteiger partial charge is 0.545 e. The van der Waals surface area contributed by atoms with Gasteiger partial charge in [-0.25, -0.2) is 0 Å². The van der Waals surface area contributed by atoms with Crippen LogP contribution in [0.1, 0.15) is 10.4 Å². The molecule has 0 aromatic heterocycles. The monoisotopic (exact) mass is 272 g/mol. The summed E-state index contributed by atoms with van der Waals surface area (Å²) < 4.78 is 0.978. The number of halogens is 1. The predicted molar refractivity (Wildman–Crippen MR) is 56.0 cm³/mol. The third-order valence-corrected chi connectivity index (χ3v) is 2.53. The number of carboxylic acids is 1. The number of fused-ring (bicyclic) bond motifs is 1. The van der Waals surface area contributed by atoms with Crippen LogP contribution >= 0.6 is 15.9 Å². The number of carbonyl (C=O) groups is 1. The third-order valence-electron chi connectivity index (χ3n) is 2.04. The molecule has 0 bridgehead atoms. The second kappa shape index (κ2) is 5.12. The summed E-state index contributed by atoms with van der Waals surface area (Å²) in [5, 5.41) is 12.5. The molecule has 0 radical (unpaired) electrons. The van der Waals surface area contributed by atoms with Gasteiger partial charge in [-0.1, -0.05) is 34.1 Å². The Morgan fingerprint density at radius 3 is 2.33 bits per heavy atom. The van der Waals surface area contributed by atoms with Gasteiger partial charge in [0.2, 0.25) is 0 Å². The van der Waals surface area contributed by atoms with Gasteiger partial charge in [-0.15, -0.1) is 0 Å². The SMILES string of the molecule is O=C([O-])c1ccc2cc(Br)ccc2c1.[Na+]. The van der Waals surface area contributed by atoms with Crippen LogP contribution in [0, 0.1) is 0 Å². The van der Waals surface area contributed by atoms with Gasteiger partial charge < -0.3 is 9.90 Å². The first-order valence-electron chi connectivity index (χ1n) is 4.07. The minimum Gasteiger partial charge on any atom is -0.545 e. The van der Waals surface area contributed by atoms with Crippen molar-refractivity contribution in [1.29, 1.82) is 0 Å². The standard InChI is InChI=1S/C11H7BrO2.Na/c12-10-4-3-7-5-9(11(13)14)2-1-8(7)6-10;/h1-6H,(H,13,14);/q;+1/p-1. The summed E-state index contributed by atoms with van der Waals surface area (Å²) in [5.74, 6) is -1.14. The van der Waals surface area contributed by atoms with Crippen LogP contribution in [-0.4, -0.2) is 5.97 Å². The van der Waals surface area contributed by atoms with Crippen molar-refractivity contribution in [3.63, 3.8) is 0 Å². The first-order valence-corrected chi connectivity index (χ1v) is 4.87. The largest absolute Gasteiger partial charge is 1.00 e. The van der Waals surface area contributed by atoms with Crippen LogP contribution in [0.4, 0.5) is 0 Å². The van der Waals surface area contributed by atoms with E-state index in [0.29, 0.717) is 0 Å². The quantitative estimate of drug-likeness (QED) is 0.623. The van der Waals surface area contributed by atoms with Crippen LogP contribution in [0.2, 0.25) is 0 Å². The number of hydrogen-bond donors (Lipinski definition) is 0. The number of rotatable bonds is 1. The zero-order valence-corrected chi connectivity index (χ0v) is 11.7. The Morgan fingerprint density at radius 1 is 1.07 bits per heavy atom. The zero-order chi connectivity index (χ0) is 10.1. The number of carboxylic acid groups (broad SMARTS) is 1. The molecule has 2 rings (SSSR count). The van der Waals surface area contributed by atoms with Crippen molar-refractivity contribution >= 4 is 32.7 Å². The molecule has 0 spiro atoms. The van der Waals surface area contributed by atoms with Gasteiger partial charge in [0.25, 0.3) is 0 Å². The zero-order valence-electron chi connectivity index (χ0n) is 8.16. The predicted octanol–water partition coefficient (Wildman–Crippen LogP) is -1.03. The number of carbonyl (C=O) groups excluding carboxylic acids is 1. The minimum atomic E-state index is -1.14. The molecule has 0 aliphatic heterocycles. The molecule has 70 valence electrons. The third kappa shape index (κ3) is 2.82. The Labute approximate surface area is 118 Å². The van der Waals surface area contributed by atoms with Crippen molar-refractivity contribution in [3.05, 3.63) is 46.4 Å². The van der Waals surface area contributed by atoms with E-state index >= 15 is 0 Å². The summed E-state index contributed by atoms with van der Waals surface area (Å²) in [6, 6.07) is 10.6. The molecule has 0 heterocycles. The number of hydrogen-bond acceptors (Lipinski definition) is 2. The molecule has 0 aliphatic carbocycles. The second-order valence-corrected chi connectivity index (χ2v) is 3.91. The van der Waals surface area contributed by atoms with Crippen LogP contribution in [0.5, 0.6) is 0 Å². The molecule has 0 amide bonds. The van der Waals surface area contributed by atoms with Gasteiger partial charge in [-0.05, 0) is 34.5 Å². The van der Waals surface area contributed by atoms with Crippen LogP contribution in [0.25, 0.3) is 10.8 Å². The molecular weight excluding hydrogens is 267 g/mol. The minimum absolute atomic E-state index is 0. The Balaban J connectivity index is 0.00000112. The van der Waals surface area contributed by atoms with Crippen molar-refractivity contribution in [2.45, 2.75) is 0 Å². The van der Waals surface area contributed by atoms with Gasteiger partial charge in [-0.3, -0.25) is 0 Å². The Morgan fingerprint density at radius 2 is 1.67 bits per heavy atom. The Bertz CT molecular complexity index is 511.